The number of non-ortho nitro benzene ring substituents is 1. The summed E-state index contributed by atoms with van der Waals surface area (Å²) in [7, 11) is 1.65. The Morgan fingerprint density at radius 1 is 1.13 bits per heavy atom. The van der Waals surface area contributed by atoms with Crippen LogP contribution in [0.1, 0.15) is 26.3 Å². The lowest BCUT2D eigenvalue weighted by molar-refractivity contribution is -0.384. The third kappa shape index (κ3) is 4.79. The number of pyridine rings is 1. The summed E-state index contributed by atoms with van der Waals surface area (Å²) in [6, 6.07) is 13.8. The van der Waals surface area contributed by atoms with E-state index in [0.29, 0.717) is 17.8 Å². The molecule has 0 radical (unpaired) electrons. The van der Waals surface area contributed by atoms with Gasteiger partial charge in [0.25, 0.3) is 17.5 Å². The second-order valence-electron chi connectivity index (χ2n) is 6.44. The summed E-state index contributed by atoms with van der Waals surface area (Å²) in [5.41, 5.74) is 1.32. The number of nitro groups is 1. The first-order valence-electron chi connectivity index (χ1n) is 8.85. The highest BCUT2D eigenvalue weighted by Gasteiger charge is 2.20. The molecule has 0 atom stereocenters. The van der Waals surface area contributed by atoms with Gasteiger partial charge in [0.2, 0.25) is 0 Å². The number of halogens is 1. The predicted molar refractivity (Wildman–Crippen MR) is 113 cm³/mol. The van der Waals surface area contributed by atoms with Crippen LogP contribution >= 0.6 is 11.6 Å². The van der Waals surface area contributed by atoms with Crippen molar-refractivity contribution < 1.29 is 14.5 Å². The smallest absolute Gasteiger partial charge is 0.270 e. The number of carbonyl (C=O) groups excluding carboxylic acids is 2. The van der Waals surface area contributed by atoms with Crippen LogP contribution < -0.4 is 5.32 Å². The third-order valence-corrected chi connectivity index (χ3v) is 4.62. The van der Waals surface area contributed by atoms with E-state index in [1.165, 1.54) is 17.0 Å². The highest BCUT2D eigenvalue weighted by molar-refractivity contribution is 6.34. The summed E-state index contributed by atoms with van der Waals surface area (Å²) in [4.78, 5) is 41.4. The fourth-order valence-corrected chi connectivity index (χ4v) is 3.07. The zero-order valence-corrected chi connectivity index (χ0v) is 16.7. The molecule has 0 bridgehead atoms. The van der Waals surface area contributed by atoms with Crippen LogP contribution in [0.4, 0.5) is 11.4 Å². The Balaban J connectivity index is 1.80. The standard InChI is InChI=1S/C21H17ClN4O4/c1-25(13-14-5-4-10-23-12-14)21(28)17-6-2-3-7-19(17)24-20(27)16-9-8-15(26(29)30)11-18(16)22/h2-12H,13H2,1H3,(H,24,27). The minimum atomic E-state index is -0.598. The first-order valence-corrected chi connectivity index (χ1v) is 9.23. The van der Waals surface area contributed by atoms with Crippen LogP contribution in [0.25, 0.3) is 0 Å². The Bertz CT molecular complexity index is 1110. The van der Waals surface area contributed by atoms with E-state index in [4.69, 9.17) is 11.6 Å². The molecule has 3 aromatic rings. The number of nitrogens with zero attached hydrogens (tertiary/aromatic N) is 3. The third-order valence-electron chi connectivity index (χ3n) is 4.30. The van der Waals surface area contributed by atoms with Gasteiger partial charge in [0.15, 0.2) is 0 Å². The van der Waals surface area contributed by atoms with E-state index in [1.54, 1.807) is 49.8 Å². The van der Waals surface area contributed by atoms with Crippen molar-refractivity contribution in [1.29, 1.82) is 0 Å². The maximum absolute atomic E-state index is 12.9. The number of anilines is 1. The van der Waals surface area contributed by atoms with Crippen molar-refractivity contribution in [1.82, 2.24) is 9.88 Å². The van der Waals surface area contributed by atoms with E-state index in [0.717, 1.165) is 11.6 Å². The molecule has 3 rings (SSSR count). The summed E-state index contributed by atoms with van der Waals surface area (Å²) in [6.45, 7) is 0.350. The van der Waals surface area contributed by atoms with Crippen LogP contribution in [0, 0.1) is 10.1 Å². The molecule has 8 nitrogen and oxygen atoms in total. The molecule has 0 aliphatic rings. The van der Waals surface area contributed by atoms with Gasteiger partial charge in [0, 0.05) is 38.1 Å². The van der Waals surface area contributed by atoms with Crippen molar-refractivity contribution in [3.05, 3.63) is 98.8 Å². The van der Waals surface area contributed by atoms with Gasteiger partial charge in [-0.3, -0.25) is 24.7 Å². The molecule has 152 valence electrons. The molecular weight excluding hydrogens is 408 g/mol. The van der Waals surface area contributed by atoms with Gasteiger partial charge in [-0.1, -0.05) is 29.8 Å². The first kappa shape index (κ1) is 20.9. The van der Waals surface area contributed by atoms with Crippen molar-refractivity contribution >= 4 is 34.8 Å². The number of aromatic nitrogens is 1. The second-order valence-corrected chi connectivity index (χ2v) is 6.85. The van der Waals surface area contributed by atoms with Crippen LogP contribution in [0.15, 0.2) is 67.0 Å². The number of carbonyl (C=O) groups is 2. The van der Waals surface area contributed by atoms with Crippen molar-refractivity contribution in [3.63, 3.8) is 0 Å². The van der Waals surface area contributed by atoms with Crippen LogP contribution in [-0.2, 0) is 6.54 Å². The van der Waals surface area contributed by atoms with Gasteiger partial charge in [-0.15, -0.1) is 0 Å². The van der Waals surface area contributed by atoms with Gasteiger partial charge in [0.1, 0.15) is 0 Å². The highest BCUT2D eigenvalue weighted by Crippen LogP contribution is 2.25. The quantitative estimate of drug-likeness (QED) is 0.472. The molecular formula is C21H17ClN4O4. The van der Waals surface area contributed by atoms with E-state index in [1.807, 2.05) is 6.07 Å². The van der Waals surface area contributed by atoms with Crippen LogP contribution in [0.3, 0.4) is 0 Å². The van der Waals surface area contributed by atoms with Crippen LogP contribution in [0.2, 0.25) is 5.02 Å². The molecule has 30 heavy (non-hydrogen) atoms. The van der Waals surface area contributed by atoms with E-state index in [2.05, 4.69) is 10.3 Å². The van der Waals surface area contributed by atoms with Gasteiger partial charge < -0.3 is 10.2 Å². The molecule has 0 fully saturated rings. The average Bonchev–Trinajstić information content (AvgIpc) is 2.74. The number of nitrogens with one attached hydrogen (secondary N) is 1. The molecule has 0 saturated heterocycles. The minimum Gasteiger partial charge on any atom is -0.337 e. The van der Waals surface area contributed by atoms with Gasteiger partial charge >= 0.3 is 0 Å². The van der Waals surface area contributed by atoms with Crippen molar-refractivity contribution in [2.45, 2.75) is 6.54 Å². The Labute approximate surface area is 177 Å². The SMILES string of the molecule is CN(Cc1cccnc1)C(=O)c1ccccc1NC(=O)c1ccc([N+](=O)[O-])cc1Cl. The second kappa shape index (κ2) is 9.15. The van der Waals surface area contributed by atoms with Crippen LogP contribution in [0.5, 0.6) is 0 Å². The number of amides is 2. The van der Waals surface area contributed by atoms with Crippen molar-refractivity contribution in [2.24, 2.45) is 0 Å². The molecule has 1 heterocycles. The van der Waals surface area contributed by atoms with Gasteiger partial charge in [-0.05, 0) is 29.8 Å². The van der Waals surface area contributed by atoms with E-state index in [-0.39, 0.29) is 22.2 Å². The van der Waals surface area contributed by atoms with E-state index in [9.17, 15) is 19.7 Å². The van der Waals surface area contributed by atoms with E-state index >= 15 is 0 Å². The Kier molecular flexibility index (Phi) is 6.38. The molecule has 9 heteroatoms. The Morgan fingerprint density at radius 3 is 2.57 bits per heavy atom. The lowest BCUT2D eigenvalue weighted by Crippen LogP contribution is -2.27. The minimum absolute atomic E-state index is 0.0563. The maximum atomic E-state index is 12.9. The monoisotopic (exact) mass is 424 g/mol. The molecule has 1 aromatic heterocycles. The number of para-hydroxylation sites is 1. The normalized spacial score (nSPS) is 10.3. The molecule has 0 spiro atoms. The number of nitro benzene ring substituents is 1. The fraction of sp³-hybridized carbons (Fsp3) is 0.0952. The van der Waals surface area contributed by atoms with E-state index < -0.39 is 10.8 Å². The molecule has 0 saturated carbocycles. The summed E-state index contributed by atoms with van der Waals surface area (Å²) < 4.78 is 0. The number of hydrogen-bond donors (Lipinski definition) is 1. The summed E-state index contributed by atoms with van der Waals surface area (Å²) in [5.74, 6) is -0.866. The highest BCUT2D eigenvalue weighted by atomic mass is 35.5. The van der Waals surface area contributed by atoms with Gasteiger partial charge in [0.05, 0.1) is 26.8 Å². The number of rotatable bonds is 6. The summed E-state index contributed by atoms with van der Waals surface area (Å²) in [5, 5.41) is 13.4. The largest absolute Gasteiger partial charge is 0.337 e. The molecule has 0 aliphatic carbocycles. The topological polar surface area (TPSA) is 105 Å². The maximum Gasteiger partial charge on any atom is 0.270 e. The zero-order chi connectivity index (χ0) is 21.7. The molecule has 2 aromatic carbocycles. The molecule has 0 aliphatic heterocycles. The molecule has 2 amide bonds. The first-order chi connectivity index (χ1) is 14.4. The zero-order valence-electron chi connectivity index (χ0n) is 15.9. The lowest BCUT2D eigenvalue weighted by Gasteiger charge is -2.19. The molecule has 0 unspecified atom stereocenters. The van der Waals surface area contributed by atoms with Crippen LogP contribution in [-0.4, -0.2) is 33.7 Å². The Hall–Kier alpha value is -3.78. The molecule has 1 N–H and O–H groups in total. The van der Waals surface area contributed by atoms with Gasteiger partial charge in [-0.2, -0.15) is 0 Å². The number of benzene rings is 2. The lowest BCUT2D eigenvalue weighted by atomic mass is 10.1. The van der Waals surface area contributed by atoms with Crippen molar-refractivity contribution in [3.8, 4) is 0 Å². The predicted octanol–water partition coefficient (Wildman–Crippen LogP) is 4.17. The summed E-state index contributed by atoms with van der Waals surface area (Å²) >= 11 is 6.03. The fourth-order valence-electron chi connectivity index (χ4n) is 2.81. The van der Waals surface area contributed by atoms with Gasteiger partial charge in [-0.25, -0.2) is 0 Å². The number of hydrogen-bond acceptors (Lipinski definition) is 5. The summed E-state index contributed by atoms with van der Waals surface area (Å²) in [6.07, 6.45) is 3.33. The van der Waals surface area contributed by atoms with Crippen molar-refractivity contribution in [2.75, 3.05) is 12.4 Å². The average molecular weight is 425 g/mol. The Morgan fingerprint density at radius 2 is 1.90 bits per heavy atom.